The van der Waals surface area contributed by atoms with Gasteiger partial charge < -0.3 is 15.0 Å². The second-order valence-corrected chi connectivity index (χ2v) is 12.5. The number of nitrogens with one attached hydrogen (secondary N) is 1. The van der Waals surface area contributed by atoms with Crippen LogP contribution < -0.4 is 10.2 Å². The highest BCUT2D eigenvalue weighted by Gasteiger charge is 2.38. The quantitative estimate of drug-likeness (QED) is 0.494. The predicted octanol–water partition coefficient (Wildman–Crippen LogP) is 2.34. The van der Waals surface area contributed by atoms with Crippen molar-refractivity contribution in [2.45, 2.75) is 36.4 Å². The normalized spacial score (nSPS) is 23.3. The first-order chi connectivity index (χ1) is 18.1. The summed E-state index contributed by atoms with van der Waals surface area (Å²) >= 11 is 0. The van der Waals surface area contributed by atoms with Crippen LogP contribution in [0.25, 0.3) is 16.7 Å². The standard InChI is InChI=1S/C24H28F3N7O3S/c1-38(35,36)19-10-16(11-19)29-23-30-21(33-13-18(14-33)32-5-7-37-8-6-32)20-12-28-34(22(20)31-23)17-4-2-3-15(9-17)24(25,26)27/h2-4,9,12,16,18-19H,5-8,10-11,13-14H2,1H3,(H,29,30,31)/t16-,19-. The van der Waals surface area contributed by atoms with Crippen LogP contribution >= 0.6 is 0 Å². The number of hydrogen-bond donors (Lipinski definition) is 1. The number of hydrogen-bond acceptors (Lipinski definition) is 9. The molecular formula is C24H28F3N7O3S. The summed E-state index contributed by atoms with van der Waals surface area (Å²) in [5.41, 5.74) is -0.157. The van der Waals surface area contributed by atoms with Crippen LogP contribution in [0.1, 0.15) is 18.4 Å². The van der Waals surface area contributed by atoms with Gasteiger partial charge in [0.1, 0.15) is 15.7 Å². The van der Waals surface area contributed by atoms with Crippen molar-refractivity contribution in [2.75, 3.05) is 55.9 Å². The van der Waals surface area contributed by atoms with Crippen LogP contribution in [0.5, 0.6) is 0 Å². The average Bonchev–Trinajstić information content (AvgIpc) is 3.24. The van der Waals surface area contributed by atoms with Crippen molar-refractivity contribution < 1.29 is 26.3 Å². The molecule has 2 aromatic heterocycles. The number of fused-ring (bicyclic) bond motifs is 1. The van der Waals surface area contributed by atoms with E-state index in [1.807, 2.05) is 0 Å². The van der Waals surface area contributed by atoms with Gasteiger partial charge in [0.15, 0.2) is 5.65 Å². The molecule has 3 aromatic rings. The van der Waals surface area contributed by atoms with Gasteiger partial charge in [0.05, 0.1) is 41.3 Å². The van der Waals surface area contributed by atoms with Crippen molar-refractivity contribution in [1.82, 2.24) is 24.6 Å². The summed E-state index contributed by atoms with van der Waals surface area (Å²) in [7, 11) is -3.12. The minimum atomic E-state index is -4.49. The lowest BCUT2D eigenvalue weighted by Gasteiger charge is -2.47. The summed E-state index contributed by atoms with van der Waals surface area (Å²) in [5.74, 6) is 0.951. The van der Waals surface area contributed by atoms with Gasteiger partial charge in [0, 0.05) is 44.5 Å². The molecule has 0 radical (unpaired) electrons. The Balaban J connectivity index is 1.33. The summed E-state index contributed by atoms with van der Waals surface area (Å²) in [6.07, 6.45) is -0.772. The summed E-state index contributed by atoms with van der Waals surface area (Å²) in [4.78, 5) is 13.9. The number of nitrogens with zero attached hydrogens (tertiary/aromatic N) is 6. The maximum atomic E-state index is 13.4. The van der Waals surface area contributed by atoms with E-state index in [-0.39, 0.29) is 11.7 Å². The fourth-order valence-electron chi connectivity index (χ4n) is 5.22. The molecule has 1 N–H and O–H groups in total. The number of anilines is 2. The number of halogens is 3. The van der Waals surface area contributed by atoms with Crippen LogP contribution in [0.15, 0.2) is 30.5 Å². The number of sulfone groups is 1. The minimum absolute atomic E-state index is 0.109. The van der Waals surface area contributed by atoms with Crippen molar-refractivity contribution in [3.05, 3.63) is 36.0 Å². The van der Waals surface area contributed by atoms with Gasteiger partial charge in [0.2, 0.25) is 5.95 Å². The second kappa shape index (κ2) is 9.35. The van der Waals surface area contributed by atoms with Gasteiger partial charge in [0.25, 0.3) is 0 Å². The molecule has 14 heteroatoms. The molecular weight excluding hydrogens is 523 g/mol. The Hall–Kier alpha value is -2.97. The van der Waals surface area contributed by atoms with Crippen molar-refractivity contribution in [3.8, 4) is 5.69 Å². The van der Waals surface area contributed by atoms with E-state index in [0.717, 1.165) is 38.3 Å². The average molecular weight is 552 g/mol. The van der Waals surface area contributed by atoms with E-state index in [9.17, 15) is 21.6 Å². The largest absolute Gasteiger partial charge is 0.416 e. The third kappa shape index (κ3) is 4.80. The second-order valence-electron chi connectivity index (χ2n) is 10.2. The number of alkyl halides is 3. The molecule has 0 amide bonds. The maximum absolute atomic E-state index is 13.4. The smallest absolute Gasteiger partial charge is 0.379 e. The Bertz CT molecular complexity index is 1440. The van der Waals surface area contributed by atoms with E-state index in [4.69, 9.17) is 9.72 Å². The highest BCUT2D eigenvalue weighted by molar-refractivity contribution is 7.91. The van der Waals surface area contributed by atoms with Gasteiger partial charge in [-0.1, -0.05) is 6.07 Å². The van der Waals surface area contributed by atoms with Crippen LogP contribution in [-0.4, -0.2) is 96.0 Å². The number of aromatic nitrogens is 4. The molecule has 10 nitrogen and oxygen atoms in total. The molecule has 0 spiro atoms. The Labute approximate surface area is 217 Å². The Morgan fingerprint density at radius 1 is 1.11 bits per heavy atom. The highest BCUT2D eigenvalue weighted by Crippen LogP contribution is 2.35. The van der Waals surface area contributed by atoms with Crippen molar-refractivity contribution in [3.63, 3.8) is 0 Å². The Morgan fingerprint density at radius 3 is 2.53 bits per heavy atom. The molecule has 0 bridgehead atoms. The molecule has 3 fully saturated rings. The lowest BCUT2D eigenvalue weighted by atomic mass is 9.92. The maximum Gasteiger partial charge on any atom is 0.416 e. The van der Waals surface area contributed by atoms with E-state index in [0.29, 0.717) is 54.9 Å². The minimum Gasteiger partial charge on any atom is -0.379 e. The molecule has 204 valence electrons. The summed E-state index contributed by atoms with van der Waals surface area (Å²) in [5, 5.41) is 7.85. The Morgan fingerprint density at radius 2 is 1.84 bits per heavy atom. The topological polar surface area (TPSA) is 105 Å². The lowest BCUT2D eigenvalue weighted by Crippen LogP contribution is -2.61. The van der Waals surface area contributed by atoms with Gasteiger partial charge in [-0.15, -0.1) is 0 Å². The van der Waals surface area contributed by atoms with E-state index in [1.54, 1.807) is 12.3 Å². The molecule has 38 heavy (non-hydrogen) atoms. The fourth-order valence-corrected chi connectivity index (χ4v) is 6.38. The van der Waals surface area contributed by atoms with Gasteiger partial charge in [-0.05, 0) is 31.0 Å². The third-order valence-electron chi connectivity index (χ3n) is 7.58. The van der Waals surface area contributed by atoms with E-state index in [2.05, 4.69) is 25.2 Å². The number of ether oxygens (including phenoxy) is 1. The lowest BCUT2D eigenvalue weighted by molar-refractivity contribution is -0.137. The third-order valence-corrected chi connectivity index (χ3v) is 9.18. The molecule has 0 unspecified atom stereocenters. The molecule has 0 atom stereocenters. The number of rotatable bonds is 6. The van der Waals surface area contributed by atoms with E-state index in [1.165, 1.54) is 17.0 Å². The molecule has 2 aliphatic heterocycles. The summed E-state index contributed by atoms with van der Waals surface area (Å²) in [6.45, 7) is 4.67. The fraction of sp³-hybridized carbons (Fsp3) is 0.542. The van der Waals surface area contributed by atoms with Crippen molar-refractivity contribution in [2.24, 2.45) is 0 Å². The Kier molecular flexibility index (Phi) is 6.23. The first-order valence-electron chi connectivity index (χ1n) is 12.5. The van der Waals surface area contributed by atoms with E-state index >= 15 is 0 Å². The molecule has 1 saturated carbocycles. The van der Waals surface area contributed by atoms with Crippen molar-refractivity contribution >= 4 is 32.6 Å². The van der Waals surface area contributed by atoms with Crippen LogP contribution in [0, 0.1) is 0 Å². The molecule has 3 aliphatic rings. The van der Waals surface area contributed by atoms with Gasteiger partial charge >= 0.3 is 6.18 Å². The van der Waals surface area contributed by atoms with E-state index < -0.39 is 26.8 Å². The molecule has 2 saturated heterocycles. The molecule has 1 aliphatic carbocycles. The molecule has 1 aromatic carbocycles. The van der Waals surface area contributed by atoms with Gasteiger partial charge in [-0.3, -0.25) is 4.90 Å². The van der Waals surface area contributed by atoms with Gasteiger partial charge in [-0.25, -0.2) is 13.1 Å². The van der Waals surface area contributed by atoms with Crippen LogP contribution in [0.3, 0.4) is 0 Å². The monoisotopic (exact) mass is 551 g/mol. The van der Waals surface area contributed by atoms with Crippen LogP contribution in [0.2, 0.25) is 0 Å². The number of benzene rings is 1. The van der Waals surface area contributed by atoms with Crippen LogP contribution in [-0.2, 0) is 20.8 Å². The zero-order valence-electron chi connectivity index (χ0n) is 20.7. The number of morpholine rings is 1. The first kappa shape index (κ1) is 25.3. The first-order valence-corrected chi connectivity index (χ1v) is 14.5. The summed E-state index contributed by atoms with van der Waals surface area (Å²) < 4.78 is 70.6. The zero-order chi connectivity index (χ0) is 26.7. The SMILES string of the molecule is CS(=O)(=O)[C@H]1C[C@H](Nc2nc(N3CC(N4CCOCC4)C3)c3cnn(-c4cccc(C(F)(F)F)c4)c3n2)C1. The van der Waals surface area contributed by atoms with Gasteiger partial charge in [-0.2, -0.15) is 28.2 Å². The molecule has 4 heterocycles. The zero-order valence-corrected chi connectivity index (χ0v) is 21.5. The summed E-state index contributed by atoms with van der Waals surface area (Å²) in [6, 6.07) is 5.21. The molecule has 6 rings (SSSR count). The van der Waals surface area contributed by atoms with Crippen LogP contribution in [0.4, 0.5) is 24.9 Å². The predicted molar refractivity (Wildman–Crippen MR) is 135 cm³/mol. The highest BCUT2D eigenvalue weighted by atomic mass is 32.2. The van der Waals surface area contributed by atoms with Crippen molar-refractivity contribution in [1.29, 1.82) is 0 Å².